The normalized spacial score (nSPS) is 30.7. The third-order valence-electron chi connectivity index (χ3n) is 3.65. The van der Waals surface area contributed by atoms with E-state index in [1.165, 1.54) is 22.0 Å². The zero-order chi connectivity index (χ0) is 10.4. The number of nitrogens with zero attached hydrogens (tertiary/aromatic N) is 1. The summed E-state index contributed by atoms with van der Waals surface area (Å²) in [5, 5.41) is 0. The lowest BCUT2D eigenvalue weighted by Crippen LogP contribution is -2.34. The molecule has 0 amide bonds. The molecule has 1 aromatic heterocycles. The highest BCUT2D eigenvalue weighted by Crippen LogP contribution is 2.38. The molecule has 1 saturated heterocycles. The van der Waals surface area contributed by atoms with Crippen molar-refractivity contribution in [2.24, 2.45) is 0 Å². The van der Waals surface area contributed by atoms with E-state index in [0.29, 0.717) is 6.04 Å². The number of halogens is 1. The standard InChI is InChI=1S/C12H14INO/c1-14-9-2-3-10(14)7-8(6-9)12-11(13)4-5-15-12/h4-6,9-10H,2-3,7H2,1H3. The lowest BCUT2D eigenvalue weighted by atomic mass is 10.00. The maximum atomic E-state index is 5.57. The van der Waals surface area contributed by atoms with E-state index in [1.807, 2.05) is 6.07 Å². The number of rotatable bonds is 1. The quantitative estimate of drug-likeness (QED) is 0.740. The predicted molar refractivity (Wildman–Crippen MR) is 68.6 cm³/mol. The topological polar surface area (TPSA) is 16.4 Å². The highest BCUT2D eigenvalue weighted by molar-refractivity contribution is 14.1. The first-order chi connectivity index (χ1) is 7.25. The molecule has 0 radical (unpaired) electrons. The summed E-state index contributed by atoms with van der Waals surface area (Å²) in [5.41, 5.74) is 1.41. The van der Waals surface area contributed by atoms with E-state index in [-0.39, 0.29) is 0 Å². The van der Waals surface area contributed by atoms with Gasteiger partial charge in [0.05, 0.1) is 9.83 Å². The lowest BCUT2D eigenvalue weighted by Gasteiger charge is -2.29. The molecule has 2 unspecified atom stereocenters. The van der Waals surface area contributed by atoms with Gasteiger partial charge in [-0.05, 0) is 60.5 Å². The number of fused-ring (bicyclic) bond motifs is 2. The third kappa shape index (κ3) is 1.56. The molecule has 2 atom stereocenters. The van der Waals surface area contributed by atoms with E-state index in [0.717, 1.165) is 18.2 Å². The Labute approximate surface area is 103 Å². The molecule has 0 spiro atoms. The van der Waals surface area contributed by atoms with Crippen LogP contribution in [0.15, 0.2) is 22.8 Å². The zero-order valence-electron chi connectivity index (χ0n) is 8.74. The van der Waals surface area contributed by atoms with E-state index in [2.05, 4.69) is 40.6 Å². The number of likely N-dealkylation sites (N-methyl/N-ethyl adjacent to an activating group) is 1. The molecule has 2 nitrogen and oxygen atoms in total. The Balaban J connectivity index is 1.97. The van der Waals surface area contributed by atoms with E-state index in [1.54, 1.807) is 6.26 Å². The van der Waals surface area contributed by atoms with Crippen LogP contribution in [0.3, 0.4) is 0 Å². The minimum atomic E-state index is 0.639. The fraction of sp³-hybridized carbons (Fsp3) is 0.500. The molecular formula is C12H14INO. The van der Waals surface area contributed by atoms with E-state index < -0.39 is 0 Å². The highest BCUT2D eigenvalue weighted by Gasteiger charge is 2.34. The first-order valence-electron chi connectivity index (χ1n) is 5.41. The van der Waals surface area contributed by atoms with Gasteiger partial charge in [0.1, 0.15) is 5.76 Å². The van der Waals surface area contributed by atoms with Crippen molar-refractivity contribution in [2.45, 2.75) is 31.3 Å². The maximum Gasteiger partial charge on any atom is 0.142 e. The Hall–Kier alpha value is -0.290. The second kappa shape index (κ2) is 3.63. The zero-order valence-corrected chi connectivity index (χ0v) is 10.9. The van der Waals surface area contributed by atoms with Crippen molar-refractivity contribution in [1.29, 1.82) is 0 Å². The van der Waals surface area contributed by atoms with E-state index in [9.17, 15) is 0 Å². The van der Waals surface area contributed by atoms with Crippen molar-refractivity contribution >= 4 is 28.2 Å². The van der Waals surface area contributed by atoms with Crippen molar-refractivity contribution in [1.82, 2.24) is 4.90 Å². The maximum absolute atomic E-state index is 5.57. The van der Waals surface area contributed by atoms with Crippen molar-refractivity contribution < 1.29 is 4.42 Å². The number of hydrogen-bond acceptors (Lipinski definition) is 2. The Morgan fingerprint density at radius 3 is 3.00 bits per heavy atom. The Kier molecular flexibility index (Phi) is 2.39. The minimum absolute atomic E-state index is 0.639. The van der Waals surface area contributed by atoms with E-state index in [4.69, 9.17) is 4.42 Å². The van der Waals surface area contributed by atoms with Crippen molar-refractivity contribution in [3.63, 3.8) is 0 Å². The summed E-state index contributed by atoms with van der Waals surface area (Å²) in [5.74, 6) is 1.10. The van der Waals surface area contributed by atoms with Gasteiger partial charge >= 0.3 is 0 Å². The molecular weight excluding hydrogens is 301 g/mol. The van der Waals surface area contributed by atoms with Crippen molar-refractivity contribution in [3.8, 4) is 0 Å². The van der Waals surface area contributed by atoms with Gasteiger partial charge in [0.25, 0.3) is 0 Å². The molecule has 80 valence electrons. The average Bonchev–Trinajstić information content (AvgIpc) is 2.70. The monoisotopic (exact) mass is 315 g/mol. The van der Waals surface area contributed by atoms with Crippen molar-refractivity contribution in [2.75, 3.05) is 7.05 Å². The molecule has 3 heterocycles. The molecule has 0 saturated carbocycles. The van der Waals surface area contributed by atoms with Crippen LogP contribution in [-0.2, 0) is 0 Å². The summed E-state index contributed by atoms with van der Waals surface area (Å²) in [4.78, 5) is 2.50. The molecule has 3 rings (SSSR count). The molecule has 15 heavy (non-hydrogen) atoms. The highest BCUT2D eigenvalue weighted by atomic mass is 127. The molecule has 2 bridgehead atoms. The van der Waals surface area contributed by atoms with Crippen LogP contribution in [0.1, 0.15) is 25.0 Å². The molecule has 3 heteroatoms. The van der Waals surface area contributed by atoms with Gasteiger partial charge in [0.15, 0.2) is 0 Å². The van der Waals surface area contributed by atoms with Crippen LogP contribution >= 0.6 is 22.6 Å². The smallest absolute Gasteiger partial charge is 0.142 e. The van der Waals surface area contributed by atoms with Gasteiger partial charge in [-0.15, -0.1) is 0 Å². The molecule has 2 aliphatic rings. The summed E-state index contributed by atoms with van der Waals surface area (Å²) >= 11 is 2.35. The second-order valence-electron chi connectivity index (χ2n) is 4.46. The summed E-state index contributed by atoms with van der Waals surface area (Å²) in [6.07, 6.45) is 7.97. The van der Waals surface area contributed by atoms with E-state index >= 15 is 0 Å². The van der Waals surface area contributed by atoms with Crippen LogP contribution in [0.5, 0.6) is 0 Å². The van der Waals surface area contributed by atoms with Crippen LogP contribution < -0.4 is 0 Å². The van der Waals surface area contributed by atoms with Gasteiger partial charge in [0.2, 0.25) is 0 Å². The predicted octanol–water partition coefficient (Wildman–Crippen LogP) is 3.13. The SMILES string of the molecule is CN1C2C=C(c3occc3I)CC1CC2. The number of furan rings is 1. The Morgan fingerprint density at radius 2 is 2.33 bits per heavy atom. The average molecular weight is 315 g/mol. The number of hydrogen-bond donors (Lipinski definition) is 0. The fourth-order valence-electron chi connectivity index (χ4n) is 2.73. The second-order valence-corrected chi connectivity index (χ2v) is 5.62. The Morgan fingerprint density at radius 1 is 1.47 bits per heavy atom. The molecule has 0 aliphatic carbocycles. The third-order valence-corrected chi connectivity index (χ3v) is 4.50. The van der Waals surface area contributed by atoms with Crippen molar-refractivity contribution in [3.05, 3.63) is 27.7 Å². The summed E-state index contributed by atoms with van der Waals surface area (Å²) in [6, 6.07) is 3.41. The first kappa shape index (κ1) is 9.90. The molecule has 2 aliphatic heterocycles. The van der Waals surface area contributed by atoms with Gasteiger partial charge in [-0.1, -0.05) is 6.08 Å². The van der Waals surface area contributed by atoms with Crippen LogP contribution in [0.4, 0.5) is 0 Å². The van der Waals surface area contributed by atoms with Crippen LogP contribution in [0, 0.1) is 3.57 Å². The summed E-state index contributed by atoms with van der Waals surface area (Å²) < 4.78 is 6.81. The summed E-state index contributed by atoms with van der Waals surface area (Å²) in [7, 11) is 2.24. The van der Waals surface area contributed by atoms with Crippen LogP contribution in [0.25, 0.3) is 5.57 Å². The fourth-order valence-corrected chi connectivity index (χ4v) is 3.35. The van der Waals surface area contributed by atoms with Crippen LogP contribution in [0.2, 0.25) is 0 Å². The largest absolute Gasteiger partial charge is 0.464 e. The Bertz CT molecular complexity index is 410. The molecule has 0 aromatic carbocycles. The minimum Gasteiger partial charge on any atom is -0.464 e. The molecule has 1 aromatic rings. The lowest BCUT2D eigenvalue weighted by molar-refractivity contribution is 0.263. The summed E-state index contributed by atoms with van der Waals surface area (Å²) in [6.45, 7) is 0. The van der Waals surface area contributed by atoms with Gasteiger partial charge < -0.3 is 4.42 Å². The molecule has 0 N–H and O–H groups in total. The van der Waals surface area contributed by atoms with Crippen LogP contribution in [-0.4, -0.2) is 24.0 Å². The molecule has 1 fully saturated rings. The van der Waals surface area contributed by atoms with Gasteiger partial charge in [-0.3, -0.25) is 4.90 Å². The van der Waals surface area contributed by atoms with Gasteiger partial charge in [-0.2, -0.15) is 0 Å². The van der Waals surface area contributed by atoms with Gasteiger partial charge in [-0.25, -0.2) is 0 Å². The first-order valence-corrected chi connectivity index (χ1v) is 6.49. The van der Waals surface area contributed by atoms with Gasteiger partial charge in [0, 0.05) is 12.1 Å².